The Kier molecular flexibility index (Phi) is 1.24. The van der Waals surface area contributed by atoms with Gasteiger partial charge in [-0.1, -0.05) is 34.9 Å². The van der Waals surface area contributed by atoms with Gasteiger partial charge in [0.1, 0.15) is 0 Å². The Morgan fingerprint density at radius 3 is 1.89 bits per heavy atom. The van der Waals surface area contributed by atoms with Crippen LogP contribution in [0.2, 0.25) is 0 Å². The molecular weight excluding hydrogens is 108 g/mol. The first kappa shape index (κ1) is 5.04. The van der Waals surface area contributed by atoms with Gasteiger partial charge >= 0.3 is 0 Å². The van der Waals surface area contributed by atoms with Crippen molar-refractivity contribution in [3.63, 3.8) is 0 Å². The van der Waals surface area contributed by atoms with E-state index >= 15 is 0 Å². The quantitative estimate of drug-likeness (QED) is 0.495. The summed E-state index contributed by atoms with van der Waals surface area (Å²) in [6.07, 6.45) is 0. The van der Waals surface area contributed by atoms with Gasteiger partial charge < -0.3 is 0 Å². The van der Waals surface area contributed by atoms with Crippen molar-refractivity contribution in [2.75, 3.05) is 0 Å². The number of rotatable bonds is 0. The highest BCUT2D eigenvalue weighted by molar-refractivity contribution is 5.27. The lowest BCUT2D eigenvalue weighted by atomic mass is 10.1. The Morgan fingerprint density at radius 1 is 1.00 bits per heavy atom. The Bertz CT molecular complexity index is 228. The molecule has 0 nitrogen and oxygen atoms in total. The van der Waals surface area contributed by atoms with Crippen molar-refractivity contribution in [3.8, 4) is 0 Å². The summed E-state index contributed by atoms with van der Waals surface area (Å²) in [7, 11) is 0. The van der Waals surface area contributed by atoms with Crippen LogP contribution in [0.4, 0.5) is 0 Å². The van der Waals surface area contributed by atoms with Gasteiger partial charge in [-0.2, -0.15) is 0 Å². The van der Waals surface area contributed by atoms with Crippen molar-refractivity contribution in [2.24, 2.45) is 0 Å². The van der Waals surface area contributed by atoms with Crippen LogP contribution < -0.4 is 0 Å². The smallest absolute Gasteiger partial charge is 0.0564 e. The molecule has 0 heterocycles. The third-order valence-corrected chi connectivity index (χ3v) is 1.28. The van der Waals surface area contributed by atoms with Gasteiger partial charge in [-0.05, 0) is 20.8 Å². The molecule has 1 aromatic carbocycles. The Labute approximate surface area is 57.9 Å². The molecule has 1 rings (SSSR count). The van der Waals surface area contributed by atoms with Crippen LogP contribution in [0.5, 0.6) is 0 Å². The van der Waals surface area contributed by atoms with Gasteiger partial charge in [0, 0.05) is 0 Å². The first-order valence-corrected chi connectivity index (χ1v) is 3.15. The van der Waals surface area contributed by atoms with Gasteiger partial charge in [0.05, 0.1) is 1.37 Å². The maximum absolute atomic E-state index is 7.54. The SMILES string of the molecule is [2H]c1c(C)cc(C)cc1C. The average molecular weight is 121 g/mol. The number of hydrogen-bond acceptors (Lipinski definition) is 0. The van der Waals surface area contributed by atoms with E-state index in [9.17, 15) is 0 Å². The van der Waals surface area contributed by atoms with E-state index in [1.807, 2.05) is 26.0 Å². The van der Waals surface area contributed by atoms with Crippen LogP contribution in [0, 0.1) is 20.8 Å². The van der Waals surface area contributed by atoms with Gasteiger partial charge in [0.25, 0.3) is 0 Å². The molecule has 0 aliphatic heterocycles. The summed E-state index contributed by atoms with van der Waals surface area (Å²) in [5, 5.41) is 0. The van der Waals surface area contributed by atoms with Gasteiger partial charge in [-0.3, -0.25) is 0 Å². The van der Waals surface area contributed by atoms with Crippen molar-refractivity contribution in [1.82, 2.24) is 0 Å². The van der Waals surface area contributed by atoms with Crippen LogP contribution in [-0.4, -0.2) is 0 Å². The molecule has 0 saturated heterocycles. The van der Waals surface area contributed by atoms with Crippen LogP contribution in [0.25, 0.3) is 0 Å². The van der Waals surface area contributed by atoms with Crippen molar-refractivity contribution in [1.29, 1.82) is 0 Å². The fourth-order valence-corrected chi connectivity index (χ4v) is 1.11. The average Bonchev–Trinajstić information content (AvgIpc) is 1.82. The van der Waals surface area contributed by atoms with Crippen LogP contribution in [0.3, 0.4) is 0 Å². The zero-order valence-corrected chi connectivity index (χ0v) is 6.15. The second kappa shape index (κ2) is 2.22. The Morgan fingerprint density at radius 2 is 1.44 bits per heavy atom. The summed E-state index contributed by atoms with van der Waals surface area (Å²) in [6.45, 7) is 6.00. The molecule has 0 aliphatic rings. The van der Waals surface area contributed by atoms with E-state index < -0.39 is 0 Å². The van der Waals surface area contributed by atoms with E-state index in [4.69, 9.17) is 1.37 Å². The maximum Gasteiger partial charge on any atom is 0.0628 e. The molecule has 0 bridgehead atoms. The molecule has 0 spiro atoms. The molecule has 0 atom stereocenters. The van der Waals surface area contributed by atoms with Gasteiger partial charge in [-0.25, -0.2) is 0 Å². The number of hydrogen-bond donors (Lipinski definition) is 0. The minimum Gasteiger partial charge on any atom is -0.0564 e. The lowest BCUT2D eigenvalue weighted by molar-refractivity contribution is 1.32. The fourth-order valence-electron chi connectivity index (χ4n) is 1.11. The molecule has 0 fully saturated rings. The second-order valence-electron chi connectivity index (χ2n) is 2.52. The van der Waals surface area contributed by atoms with Crippen LogP contribution in [-0.2, 0) is 0 Å². The molecule has 1 aromatic rings. The molecule has 0 heteroatoms. The first-order valence-electron chi connectivity index (χ1n) is 3.65. The monoisotopic (exact) mass is 121 g/mol. The van der Waals surface area contributed by atoms with E-state index in [0.717, 1.165) is 11.1 Å². The first-order chi connectivity index (χ1) is 4.61. The summed E-state index contributed by atoms with van der Waals surface area (Å²) in [5.74, 6) is 0. The minimum atomic E-state index is 0.672. The molecule has 9 heavy (non-hydrogen) atoms. The molecular formula is C9H12. The Balaban J connectivity index is 3.31. The standard InChI is InChI=1S/C9H12/c1-7-4-8(2)6-9(3)5-7/h4-6H,1-3H3/i4D. The summed E-state index contributed by atoms with van der Waals surface area (Å²) in [4.78, 5) is 0. The number of aryl methyl sites for hydroxylation is 3. The summed E-state index contributed by atoms with van der Waals surface area (Å²) in [5.41, 5.74) is 3.38. The highest BCUT2D eigenvalue weighted by atomic mass is 13.9. The van der Waals surface area contributed by atoms with Crippen LogP contribution in [0.15, 0.2) is 18.2 Å². The van der Waals surface area contributed by atoms with E-state index in [0.29, 0.717) is 6.04 Å². The third-order valence-electron chi connectivity index (χ3n) is 1.28. The maximum atomic E-state index is 7.54. The second-order valence-corrected chi connectivity index (χ2v) is 2.52. The third kappa shape index (κ3) is 1.56. The van der Waals surface area contributed by atoms with Crippen LogP contribution >= 0.6 is 0 Å². The lowest BCUT2D eigenvalue weighted by Gasteiger charge is -1.96. The molecule has 0 unspecified atom stereocenters. The number of benzene rings is 1. The molecule has 0 amide bonds. The molecule has 0 saturated carbocycles. The predicted octanol–water partition coefficient (Wildman–Crippen LogP) is 2.61. The van der Waals surface area contributed by atoms with Gasteiger partial charge in [0.2, 0.25) is 0 Å². The van der Waals surface area contributed by atoms with E-state index in [1.54, 1.807) is 0 Å². The summed E-state index contributed by atoms with van der Waals surface area (Å²) in [6, 6.07) is 4.75. The van der Waals surface area contributed by atoms with Crippen molar-refractivity contribution in [3.05, 3.63) is 34.9 Å². The summed E-state index contributed by atoms with van der Waals surface area (Å²) >= 11 is 0. The molecule has 0 radical (unpaired) electrons. The normalized spacial score (nSPS) is 11.2. The highest BCUT2D eigenvalue weighted by Crippen LogP contribution is 2.06. The molecule has 0 aliphatic carbocycles. The zero-order valence-electron chi connectivity index (χ0n) is 7.15. The zero-order chi connectivity index (χ0) is 7.72. The highest BCUT2D eigenvalue weighted by Gasteiger charge is 1.87. The minimum absolute atomic E-state index is 0.672. The largest absolute Gasteiger partial charge is 0.0628 e. The topological polar surface area (TPSA) is 0 Å². The van der Waals surface area contributed by atoms with E-state index in [1.165, 1.54) is 5.56 Å². The van der Waals surface area contributed by atoms with Crippen molar-refractivity contribution < 1.29 is 1.37 Å². The van der Waals surface area contributed by atoms with E-state index in [2.05, 4.69) is 6.92 Å². The van der Waals surface area contributed by atoms with Gasteiger partial charge in [-0.15, -0.1) is 0 Å². The Hall–Kier alpha value is -0.780. The lowest BCUT2D eigenvalue weighted by Crippen LogP contribution is -1.78. The molecule has 0 aromatic heterocycles. The van der Waals surface area contributed by atoms with Crippen molar-refractivity contribution >= 4 is 0 Å². The molecule has 0 N–H and O–H groups in total. The predicted molar refractivity (Wildman–Crippen MR) is 40.7 cm³/mol. The fraction of sp³-hybridized carbons (Fsp3) is 0.333. The van der Waals surface area contributed by atoms with E-state index in [-0.39, 0.29) is 0 Å². The molecule has 48 valence electrons. The van der Waals surface area contributed by atoms with Crippen molar-refractivity contribution in [2.45, 2.75) is 20.8 Å². The van der Waals surface area contributed by atoms with Crippen LogP contribution in [0.1, 0.15) is 18.1 Å². The summed E-state index contributed by atoms with van der Waals surface area (Å²) < 4.78 is 7.54. The van der Waals surface area contributed by atoms with Gasteiger partial charge in [0.15, 0.2) is 0 Å².